The van der Waals surface area contributed by atoms with Crippen molar-refractivity contribution in [3.05, 3.63) is 72.8 Å². The Labute approximate surface area is 164 Å². The van der Waals surface area contributed by atoms with Crippen LogP contribution in [0.4, 0.5) is 11.4 Å². The molecule has 0 saturated heterocycles. The minimum Gasteiger partial charge on any atom is -0.497 e. The van der Waals surface area contributed by atoms with Gasteiger partial charge in [0.05, 0.1) is 26.5 Å². The van der Waals surface area contributed by atoms with E-state index < -0.39 is 0 Å². The summed E-state index contributed by atoms with van der Waals surface area (Å²) in [5.41, 5.74) is 1.32. The van der Waals surface area contributed by atoms with Crippen LogP contribution in [-0.4, -0.2) is 26.7 Å². The van der Waals surface area contributed by atoms with Gasteiger partial charge in [-0.25, -0.2) is 0 Å². The van der Waals surface area contributed by atoms with Crippen molar-refractivity contribution in [1.82, 2.24) is 0 Å². The second-order valence-corrected chi connectivity index (χ2v) is 5.91. The second kappa shape index (κ2) is 9.32. The molecule has 6 heteroatoms. The van der Waals surface area contributed by atoms with Crippen molar-refractivity contribution >= 4 is 17.3 Å². The molecule has 3 aromatic rings. The van der Waals surface area contributed by atoms with E-state index in [0.717, 1.165) is 11.4 Å². The number of anilines is 2. The number of amides is 1. The van der Waals surface area contributed by atoms with Gasteiger partial charge in [0.25, 0.3) is 0 Å². The van der Waals surface area contributed by atoms with E-state index in [4.69, 9.17) is 14.2 Å². The molecular weight excluding hydrogens is 356 g/mol. The number of benzene rings is 3. The minimum atomic E-state index is -0.204. The van der Waals surface area contributed by atoms with Crippen LogP contribution in [0.15, 0.2) is 72.8 Å². The number of hydrogen-bond donors (Lipinski definition) is 2. The summed E-state index contributed by atoms with van der Waals surface area (Å²) < 4.78 is 16.3. The van der Waals surface area contributed by atoms with Gasteiger partial charge in [0.1, 0.15) is 17.2 Å². The van der Waals surface area contributed by atoms with Crippen molar-refractivity contribution in [3.63, 3.8) is 0 Å². The van der Waals surface area contributed by atoms with Crippen LogP contribution in [0.3, 0.4) is 0 Å². The maximum atomic E-state index is 12.4. The standard InChI is InChI=1S/C22H22N2O4/c1-26-18-12-16(13-19(14-18)27-2)24-22(25)15-23-20-10-6-7-11-21(20)28-17-8-4-3-5-9-17/h3-14,23H,15H2,1-2H3,(H,24,25). The summed E-state index contributed by atoms with van der Waals surface area (Å²) in [4.78, 5) is 12.4. The van der Waals surface area contributed by atoms with Crippen molar-refractivity contribution in [2.45, 2.75) is 0 Å². The third kappa shape index (κ3) is 5.17. The molecule has 0 spiro atoms. The van der Waals surface area contributed by atoms with Crippen molar-refractivity contribution in [2.24, 2.45) is 0 Å². The van der Waals surface area contributed by atoms with Crippen LogP contribution in [0.25, 0.3) is 0 Å². The zero-order chi connectivity index (χ0) is 19.8. The van der Waals surface area contributed by atoms with Gasteiger partial charge in [-0.05, 0) is 24.3 Å². The lowest BCUT2D eigenvalue weighted by Crippen LogP contribution is -2.22. The molecule has 2 N–H and O–H groups in total. The Balaban J connectivity index is 1.64. The van der Waals surface area contributed by atoms with Gasteiger partial charge in [0, 0.05) is 23.9 Å². The molecular formula is C22H22N2O4. The van der Waals surface area contributed by atoms with E-state index in [9.17, 15) is 4.79 Å². The highest BCUT2D eigenvalue weighted by molar-refractivity contribution is 5.94. The van der Waals surface area contributed by atoms with Gasteiger partial charge in [0.15, 0.2) is 5.75 Å². The number of para-hydroxylation sites is 3. The summed E-state index contributed by atoms with van der Waals surface area (Å²) in [7, 11) is 3.12. The number of carbonyl (C=O) groups excluding carboxylic acids is 1. The predicted octanol–water partition coefficient (Wildman–Crippen LogP) is 4.55. The van der Waals surface area contributed by atoms with Crippen LogP contribution < -0.4 is 24.8 Å². The first kappa shape index (κ1) is 19.1. The Kier molecular flexibility index (Phi) is 6.36. The molecule has 144 valence electrons. The zero-order valence-corrected chi connectivity index (χ0v) is 15.8. The van der Waals surface area contributed by atoms with Gasteiger partial charge in [-0.1, -0.05) is 30.3 Å². The smallest absolute Gasteiger partial charge is 0.243 e. The molecule has 0 saturated carbocycles. The lowest BCUT2D eigenvalue weighted by atomic mass is 10.2. The van der Waals surface area contributed by atoms with Crippen molar-refractivity contribution in [3.8, 4) is 23.0 Å². The van der Waals surface area contributed by atoms with Crippen molar-refractivity contribution < 1.29 is 19.0 Å². The summed E-state index contributed by atoms with van der Waals surface area (Å²) in [6, 6.07) is 22.2. The number of methoxy groups -OCH3 is 2. The molecule has 1 amide bonds. The molecule has 0 radical (unpaired) electrons. The Bertz CT molecular complexity index is 907. The van der Waals surface area contributed by atoms with Gasteiger partial charge in [-0.2, -0.15) is 0 Å². The van der Waals surface area contributed by atoms with Crippen LogP contribution in [0.5, 0.6) is 23.0 Å². The SMILES string of the molecule is COc1cc(NC(=O)CNc2ccccc2Oc2ccccc2)cc(OC)c1. The molecule has 3 rings (SSSR count). The van der Waals surface area contributed by atoms with E-state index in [-0.39, 0.29) is 12.5 Å². The van der Waals surface area contributed by atoms with E-state index in [1.807, 2.05) is 54.6 Å². The van der Waals surface area contributed by atoms with Crippen molar-refractivity contribution in [2.75, 3.05) is 31.4 Å². The van der Waals surface area contributed by atoms with E-state index in [1.54, 1.807) is 32.4 Å². The average Bonchev–Trinajstić information content (AvgIpc) is 2.73. The highest BCUT2D eigenvalue weighted by Crippen LogP contribution is 2.29. The van der Waals surface area contributed by atoms with Crippen molar-refractivity contribution in [1.29, 1.82) is 0 Å². The predicted molar refractivity (Wildman–Crippen MR) is 110 cm³/mol. The quantitative estimate of drug-likeness (QED) is 0.602. The van der Waals surface area contributed by atoms with Crippen LogP contribution in [0.2, 0.25) is 0 Å². The number of hydrogen-bond acceptors (Lipinski definition) is 5. The second-order valence-electron chi connectivity index (χ2n) is 5.91. The first-order valence-electron chi connectivity index (χ1n) is 8.76. The van der Waals surface area contributed by atoms with E-state index >= 15 is 0 Å². The molecule has 0 aliphatic rings. The Morgan fingerprint density at radius 3 is 2.14 bits per heavy atom. The van der Waals surface area contributed by atoms with Crippen LogP contribution in [-0.2, 0) is 4.79 Å². The summed E-state index contributed by atoms with van der Waals surface area (Å²) in [6.45, 7) is 0.0781. The van der Waals surface area contributed by atoms with Gasteiger partial charge in [0.2, 0.25) is 5.91 Å². The zero-order valence-electron chi connectivity index (χ0n) is 15.8. The Morgan fingerprint density at radius 1 is 0.821 bits per heavy atom. The highest BCUT2D eigenvalue weighted by atomic mass is 16.5. The summed E-state index contributed by atoms with van der Waals surface area (Å²) in [6.07, 6.45) is 0. The summed E-state index contributed by atoms with van der Waals surface area (Å²) in [5, 5.41) is 5.94. The van der Waals surface area contributed by atoms with Crippen LogP contribution in [0, 0.1) is 0 Å². The highest BCUT2D eigenvalue weighted by Gasteiger charge is 2.09. The molecule has 0 atom stereocenters. The number of rotatable bonds is 8. The fourth-order valence-electron chi connectivity index (χ4n) is 2.58. The maximum Gasteiger partial charge on any atom is 0.243 e. The maximum absolute atomic E-state index is 12.4. The monoisotopic (exact) mass is 378 g/mol. The molecule has 6 nitrogen and oxygen atoms in total. The Morgan fingerprint density at radius 2 is 1.46 bits per heavy atom. The van der Waals surface area contributed by atoms with Crippen LogP contribution >= 0.6 is 0 Å². The van der Waals surface area contributed by atoms with Gasteiger partial charge in [-0.3, -0.25) is 4.79 Å². The first-order valence-corrected chi connectivity index (χ1v) is 8.76. The van der Waals surface area contributed by atoms with E-state index in [1.165, 1.54) is 0 Å². The van der Waals surface area contributed by atoms with Gasteiger partial charge < -0.3 is 24.8 Å². The summed E-state index contributed by atoms with van der Waals surface area (Å²) in [5.74, 6) is 2.37. The van der Waals surface area contributed by atoms with Crippen LogP contribution in [0.1, 0.15) is 0 Å². The van der Waals surface area contributed by atoms with Gasteiger partial charge >= 0.3 is 0 Å². The minimum absolute atomic E-state index is 0.0781. The molecule has 0 bridgehead atoms. The fourth-order valence-corrected chi connectivity index (χ4v) is 2.58. The van der Waals surface area contributed by atoms with E-state index in [2.05, 4.69) is 10.6 Å². The topological polar surface area (TPSA) is 68.8 Å². The fraction of sp³-hybridized carbons (Fsp3) is 0.136. The normalized spacial score (nSPS) is 10.1. The average molecular weight is 378 g/mol. The first-order chi connectivity index (χ1) is 13.7. The number of nitrogens with one attached hydrogen (secondary N) is 2. The third-order valence-corrected chi connectivity index (χ3v) is 3.93. The lowest BCUT2D eigenvalue weighted by Gasteiger charge is -2.13. The summed E-state index contributed by atoms with van der Waals surface area (Å²) >= 11 is 0. The molecule has 28 heavy (non-hydrogen) atoms. The molecule has 0 unspecified atom stereocenters. The Hall–Kier alpha value is -3.67. The largest absolute Gasteiger partial charge is 0.497 e. The number of ether oxygens (including phenoxy) is 3. The third-order valence-electron chi connectivity index (χ3n) is 3.93. The number of carbonyl (C=O) groups is 1. The molecule has 0 aliphatic carbocycles. The molecule has 0 fully saturated rings. The molecule has 3 aromatic carbocycles. The molecule has 0 heterocycles. The van der Waals surface area contributed by atoms with E-state index in [0.29, 0.717) is 22.9 Å². The lowest BCUT2D eigenvalue weighted by molar-refractivity contribution is -0.114. The van der Waals surface area contributed by atoms with Gasteiger partial charge in [-0.15, -0.1) is 0 Å². The molecule has 0 aliphatic heterocycles. The molecule has 0 aromatic heterocycles.